The zero-order valence-electron chi connectivity index (χ0n) is 11.1. The molecule has 0 amide bonds. The molecule has 1 aromatic heterocycles. The molecule has 4 heteroatoms. The molecule has 2 heterocycles. The highest BCUT2D eigenvalue weighted by atomic mass is 16.3. The fourth-order valence-corrected chi connectivity index (χ4v) is 2.73. The van der Waals surface area contributed by atoms with Gasteiger partial charge in [-0.2, -0.15) is 0 Å². The van der Waals surface area contributed by atoms with Gasteiger partial charge in [0.25, 0.3) is 0 Å². The topological polar surface area (TPSA) is 62.5 Å². The van der Waals surface area contributed by atoms with Gasteiger partial charge in [-0.05, 0) is 45.4 Å². The maximum absolute atomic E-state index is 12.4. The van der Waals surface area contributed by atoms with Crippen LogP contribution in [0.1, 0.15) is 35.8 Å². The van der Waals surface area contributed by atoms with Crippen LogP contribution in [0, 0.1) is 13.8 Å². The molecule has 2 N–H and O–H groups in total. The largest absolute Gasteiger partial charge is 0.508 e. The molecule has 0 unspecified atom stereocenters. The SMILES string of the molecule is Cc1c([C@@H]2CCCN2)oc2c(C)c(O)ccc2c1=O. The Kier molecular flexibility index (Phi) is 2.82. The molecular formula is C15H17NO3. The summed E-state index contributed by atoms with van der Waals surface area (Å²) in [7, 11) is 0. The Balaban J connectivity index is 2.32. The van der Waals surface area contributed by atoms with Crippen LogP contribution in [0.2, 0.25) is 0 Å². The summed E-state index contributed by atoms with van der Waals surface area (Å²) in [5, 5.41) is 13.6. The maximum atomic E-state index is 12.4. The van der Waals surface area contributed by atoms with Crippen LogP contribution in [0.3, 0.4) is 0 Å². The average Bonchev–Trinajstić information content (AvgIpc) is 2.92. The Morgan fingerprint density at radius 1 is 1.32 bits per heavy atom. The van der Waals surface area contributed by atoms with Gasteiger partial charge < -0.3 is 14.8 Å². The quantitative estimate of drug-likeness (QED) is 0.826. The standard InChI is InChI=1S/C15H17NO3/c1-8-12(17)6-5-10-13(18)9(2)15(19-14(8)10)11-4-3-7-16-11/h5-6,11,16-17H,3-4,7H2,1-2H3/t11-/m0/s1. The predicted octanol–water partition coefficient (Wildman–Crippen LogP) is 2.54. The molecule has 1 fully saturated rings. The highest BCUT2D eigenvalue weighted by Crippen LogP contribution is 2.30. The van der Waals surface area contributed by atoms with Crippen LogP contribution in [-0.4, -0.2) is 11.7 Å². The van der Waals surface area contributed by atoms with Gasteiger partial charge >= 0.3 is 0 Å². The van der Waals surface area contributed by atoms with Gasteiger partial charge in [0, 0.05) is 11.1 Å². The van der Waals surface area contributed by atoms with Crippen molar-refractivity contribution in [3.8, 4) is 5.75 Å². The normalized spacial score (nSPS) is 19.2. The molecule has 1 aliphatic rings. The number of hydrogen-bond donors (Lipinski definition) is 2. The van der Waals surface area contributed by atoms with Gasteiger partial charge in [0.2, 0.25) is 0 Å². The van der Waals surface area contributed by atoms with Crippen LogP contribution in [0.5, 0.6) is 5.75 Å². The molecule has 4 nitrogen and oxygen atoms in total. The van der Waals surface area contributed by atoms with E-state index in [0.717, 1.165) is 19.4 Å². The number of phenolic OH excluding ortho intramolecular Hbond substituents is 1. The van der Waals surface area contributed by atoms with E-state index >= 15 is 0 Å². The Morgan fingerprint density at radius 2 is 2.11 bits per heavy atom. The van der Waals surface area contributed by atoms with E-state index in [1.54, 1.807) is 19.1 Å². The van der Waals surface area contributed by atoms with Gasteiger partial charge in [-0.25, -0.2) is 0 Å². The Labute approximate surface area is 111 Å². The van der Waals surface area contributed by atoms with Crippen molar-refractivity contribution in [2.75, 3.05) is 6.54 Å². The summed E-state index contributed by atoms with van der Waals surface area (Å²) in [6.45, 7) is 4.52. The summed E-state index contributed by atoms with van der Waals surface area (Å²) in [5.41, 5.74) is 1.78. The van der Waals surface area contributed by atoms with Crippen molar-refractivity contribution in [2.45, 2.75) is 32.7 Å². The third-order valence-corrected chi connectivity index (χ3v) is 3.92. The minimum absolute atomic E-state index is 0.00644. The summed E-state index contributed by atoms with van der Waals surface area (Å²) in [5.74, 6) is 0.869. The number of aryl methyl sites for hydroxylation is 1. The van der Waals surface area contributed by atoms with Crippen molar-refractivity contribution in [1.82, 2.24) is 5.32 Å². The second-order valence-corrected chi connectivity index (χ2v) is 5.16. The summed E-state index contributed by atoms with van der Waals surface area (Å²) in [6, 6.07) is 3.28. The lowest BCUT2D eigenvalue weighted by Crippen LogP contribution is -2.18. The summed E-state index contributed by atoms with van der Waals surface area (Å²) >= 11 is 0. The number of phenols is 1. The Bertz CT molecular complexity index is 697. The van der Waals surface area contributed by atoms with Crippen LogP contribution in [0.15, 0.2) is 21.3 Å². The predicted molar refractivity (Wildman–Crippen MR) is 73.6 cm³/mol. The Hall–Kier alpha value is -1.81. The number of hydrogen-bond acceptors (Lipinski definition) is 4. The zero-order chi connectivity index (χ0) is 13.6. The van der Waals surface area contributed by atoms with Gasteiger partial charge in [-0.1, -0.05) is 0 Å². The summed E-state index contributed by atoms with van der Waals surface area (Å²) in [4.78, 5) is 12.4. The molecule has 0 radical (unpaired) electrons. The van der Waals surface area contributed by atoms with Crippen molar-refractivity contribution in [3.63, 3.8) is 0 Å². The third-order valence-electron chi connectivity index (χ3n) is 3.92. The molecule has 1 aliphatic heterocycles. The van der Waals surface area contributed by atoms with E-state index in [1.165, 1.54) is 0 Å². The van der Waals surface area contributed by atoms with E-state index < -0.39 is 0 Å². The van der Waals surface area contributed by atoms with Crippen LogP contribution < -0.4 is 10.7 Å². The van der Waals surface area contributed by atoms with E-state index in [0.29, 0.717) is 27.9 Å². The Morgan fingerprint density at radius 3 is 2.79 bits per heavy atom. The molecule has 0 spiro atoms. The first kappa shape index (κ1) is 12.2. The third kappa shape index (κ3) is 1.83. The lowest BCUT2D eigenvalue weighted by Gasteiger charge is -2.14. The average molecular weight is 259 g/mol. The summed E-state index contributed by atoms with van der Waals surface area (Å²) < 4.78 is 5.95. The molecule has 0 bridgehead atoms. The molecule has 1 saturated heterocycles. The first-order valence-electron chi connectivity index (χ1n) is 6.59. The monoisotopic (exact) mass is 259 g/mol. The highest BCUT2D eigenvalue weighted by Gasteiger charge is 2.23. The minimum Gasteiger partial charge on any atom is -0.508 e. The number of fused-ring (bicyclic) bond motifs is 1. The van der Waals surface area contributed by atoms with Crippen molar-refractivity contribution >= 4 is 11.0 Å². The van der Waals surface area contributed by atoms with Gasteiger partial charge in [-0.15, -0.1) is 0 Å². The lowest BCUT2D eigenvalue weighted by atomic mass is 10.0. The van der Waals surface area contributed by atoms with Crippen molar-refractivity contribution < 1.29 is 9.52 Å². The number of aromatic hydroxyl groups is 1. The van der Waals surface area contributed by atoms with E-state index in [-0.39, 0.29) is 17.2 Å². The number of benzene rings is 1. The van der Waals surface area contributed by atoms with Crippen LogP contribution in [-0.2, 0) is 0 Å². The van der Waals surface area contributed by atoms with Crippen molar-refractivity contribution in [3.05, 3.63) is 39.2 Å². The van der Waals surface area contributed by atoms with Gasteiger partial charge in [-0.3, -0.25) is 4.79 Å². The first-order valence-corrected chi connectivity index (χ1v) is 6.59. The molecule has 0 aliphatic carbocycles. The van der Waals surface area contributed by atoms with Crippen LogP contribution >= 0.6 is 0 Å². The molecule has 3 rings (SSSR count). The van der Waals surface area contributed by atoms with Crippen LogP contribution in [0.4, 0.5) is 0 Å². The van der Waals surface area contributed by atoms with Crippen molar-refractivity contribution in [1.29, 1.82) is 0 Å². The smallest absolute Gasteiger partial charge is 0.195 e. The van der Waals surface area contributed by atoms with Crippen LogP contribution in [0.25, 0.3) is 11.0 Å². The van der Waals surface area contributed by atoms with Crippen molar-refractivity contribution in [2.24, 2.45) is 0 Å². The van der Waals surface area contributed by atoms with E-state index in [9.17, 15) is 9.90 Å². The van der Waals surface area contributed by atoms with E-state index in [1.807, 2.05) is 6.92 Å². The van der Waals surface area contributed by atoms with Gasteiger partial charge in [0.05, 0.1) is 11.4 Å². The molecular weight excluding hydrogens is 242 g/mol. The minimum atomic E-state index is -0.00644. The fourth-order valence-electron chi connectivity index (χ4n) is 2.73. The molecule has 100 valence electrons. The number of rotatable bonds is 1. The second kappa shape index (κ2) is 4.38. The molecule has 0 saturated carbocycles. The molecule has 1 atom stereocenters. The van der Waals surface area contributed by atoms with Gasteiger partial charge in [0.15, 0.2) is 5.43 Å². The molecule has 1 aromatic carbocycles. The van der Waals surface area contributed by atoms with E-state index in [2.05, 4.69) is 5.32 Å². The molecule has 2 aromatic rings. The summed E-state index contributed by atoms with van der Waals surface area (Å²) in [6.07, 6.45) is 2.07. The lowest BCUT2D eigenvalue weighted by molar-refractivity contribution is 0.446. The maximum Gasteiger partial charge on any atom is 0.195 e. The molecule has 19 heavy (non-hydrogen) atoms. The zero-order valence-corrected chi connectivity index (χ0v) is 11.1. The van der Waals surface area contributed by atoms with Gasteiger partial charge in [0.1, 0.15) is 17.1 Å². The first-order chi connectivity index (χ1) is 9.09. The van der Waals surface area contributed by atoms with E-state index in [4.69, 9.17) is 4.42 Å². The number of nitrogens with one attached hydrogen (secondary N) is 1. The highest BCUT2D eigenvalue weighted by molar-refractivity contribution is 5.82. The fraction of sp³-hybridized carbons (Fsp3) is 0.400. The second-order valence-electron chi connectivity index (χ2n) is 5.16.